The maximum absolute atomic E-state index is 12.1. The summed E-state index contributed by atoms with van der Waals surface area (Å²) in [5.74, 6) is 2.26. The third-order valence-corrected chi connectivity index (χ3v) is 5.33. The van der Waals surface area contributed by atoms with Gasteiger partial charge in [-0.25, -0.2) is 4.98 Å². The van der Waals surface area contributed by atoms with Crippen LogP contribution in [0.25, 0.3) is 11.4 Å². The predicted molar refractivity (Wildman–Crippen MR) is 99.9 cm³/mol. The molecule has 0 bridgehead atoms. The van der Waals surface area contributed by atoms with Crippen molar-refractivity contribution >= 4 is 5.91 Å². The highest BCUT2D eigenvalue weighted by Gasteiger charge is 2.27. The summed E-state index contributed by atoms with van der Waals surface area (Å²) in [6, 6.07) is 10.0. The molecular weight excluding hydrogens is 326 g/mol. The first-order valence-electron chi connectivity index (χ1n) is 9.54. The minimum atomic E-state index is 0.0330. The number of benzene rings is 1. The molecule has 5 heteroatoms. The van der Waals surface area contributed by atoms with Gasteiger partial charge in [0.05, 0.1) is 12.3 Å². The van der Waals surface area contributed by atoms with Gasteiger partial charge in [-0.15, -0.1) is 0 Å². The second kappa shape index (κ2) is 7.44. The zero-order chi connectivity index (χ0) is 17.9. The van der Waals surface area contributed by atoms with Crippen LogP contribution >= 0.6 is 0 Å². The van der Waals surface area contributed by atoms with Crippen LogP contribution in [0.3, 0.4) is 0 Å². The normalized spacial score (nSPS) is 19.3. The number of aromatic nitrogens is 2. The number of ether oxygens (including phenoxy) is 1. The first-order chi connectivity index (χ1) is 12.7. The molecule has 1 unspecified atom stereocenters. The molecule has 1 N–H and O–H groups in total. The van der Waals surface area contributed by atoms with E-state index in [4.69, 9.17) is 14.7 Å². The molecule has 1 saturated carbocycles. The van der Waals surface area contributed by atoms with E-state index in [2.05, 4.69) is 5.32 Å². The molecule has 1 atom stereocenters. The Balaban J connectivity index is 1.66. The summed E-state index contributed by atoms with van der Waals surface area (Å²) >= 11 is 0. The first kappa shape index (κ1) is 17.0. The van der Waals surface area contributed by atoms with E-state index in [-0.39, 0.29) is 11.8 Å². The molecule has 2 aliphatic rings. The van der Waals surface area contributed by atoms with Gasteiger partial charge in [0, 0.05) is 24.1 Å². The van der Waals surface area contributed by atoms with Crippen molar-refractivity contribution < 1.29 is 9.53 Å². The van der Waals surface area contributed by atoms with Gasteiger partial charge in [0.1, 0.15) is 0 Å². The summed E-state index contributed by atoms with van der Waals surface area (Å²) in [6.07, 6.45) is 5.72. The Kier molecular flexibility index (Phi) is 4.87. The van der Waals surface area contributed by atoms with E-state index in [0.29, 0.717) is 11.7 Å². The number of nitrogens with zero attached hydrogens (tertiary/aromatic N) is 2. The van der Waals surface area contributed by atoms with E-state index in [1.165, 1.54) is 12.8 Å². The second-order valence-corrected chi connectivity index (χ2v) is 7.29. The van der Waals surface area contributed by atoms with Crippen molar-refractivity contribution in [3.8, 4) is 17.3 Å². The van der Waals surface area contributed by atoms with Crippen LogP contribution in [0.15, 0.2) is 30.3 Å². The Hall–Kier alpha value is -2.43. The minimum absolute atomic E-state index is 0.0330. The summed E-state index contributed by atoms with van der Waals surface area (Å²) in [7, 11) is 1.71. The Bertz CT molecular complexity index is 787. The predicted octanol–water partition coefficient (Wildman–Crippen LogP) is 3.17. The molecule has 0 radical (unpaired) electrons. The lowest BCUT2D eigenvalue weighted by Gasteiger charge is -2.14. The summed E-state index contributed by atoms with van der Waals surface area (Å²) < 4.78 is 6.12. The Morgan fingerprint density at radius 2 is 1.88 bits per heavy atom. The van der Waals surface area contributed by atoms with E-state index in [1.807, 2.05) is 30.3 Å². The van der Waals surface area contributed by atoms with Gasteiger partial charge in [-0.2, -0.15) is 4.98 Å². The van der Waals surface area contributed by atoms with Crippen LogP contribution in [0.2, 0.25) is 0 Å². The van der Waals surface area contributed by atoms with E-state index in [0.717, 1.165) is 55.0 Å². The fourth-order valence-electron chi connectivity index (χ4n) is 3.52. The minimum Gasteiger partial charge on any atom is -0.477 e. The van der Waals surface area contributed by atoms with Crippen molar-refractivity contribution in [1.29, 1.82) is 0 Å². The van der Waals surface area contributed by atoms with Crippen molar-refractivity contribution in [1.82, 2.24) is 15.3 Å². The van der Waals surface area contributed by atoms with Gasteiger partial charge in [0.15, 0.2) is 5.82 Å². The van der Waals surface area contributed by atoms with Gasteiger partial charge in [0.2, 0.25) is 11.8 Å². The Morgan fingerprint density at radius 3 is 2.62 bits per heavy atom. The van der Waals surface area contributed by atoms with Crippen LogP contribution < -0.4 is 10.1 Å². The third kappa shape index (κ3) is 3.71. The molecule has 2 aromatic rings. The van der Waals surface area contributed by atoms with E-state index in [1.54, 1.807) is 7.05 Å². The first-order valence-corrected chi connectivity index (χ1v) is 9.54. The smallest absolute Gasteiger partial charge is 0.222 e. The molecule has 0 spiro atoms. The van der Waals surface area contributed by atoms with Gasteiger partial charge >= 0.3 is 0 Å². The molecule has 2 aliphatic carbocycles. The number of nitrogens with one attached hydrogen (secondary N) is 1. The molecule has 1 amide bonds. The average molecular weight is 351 g/mol. The number of hydrogen-bond acceptors (Lipinski definition) is 4. The van der Waals surface area contributed by atoms with E-state index < -0.39 is 0 Å². The van der Waals surface area contributed by atoms with Crippen LogP contribution in [-0.4, -0.2) is 29.5 Å². The summed E-state index contributed by atoms with van der Waals surface area (Å²) in [4.78, 5) is 21.7. The lowest BCUT2D eigenvalue weighted by atomic mass is 9.99. The Morgan fingerprint density at radius 1 is 1.12 bits per heavy atom. The summed E-state index contributed by atoms with van der Waals surface area (Å²) in [5.41, 5.74) is 3.13. The van der Waals surface area contributed by atoms with Crippen LogP contribution in [0.5, 0.6) is 5.88 Å². The number of rotatable bonds is 5. The van der Waals surface area contributed by atoms with Crippen molar-refractivity contribution in [2.24, 2.45) is 11.8 Å². The van der Waals surface area contributed by atoms with Crippen molar-refractivity contribution in [3.05, 3.63) is 41.6 Å². The molecule has 0 aliphatic heterocycles. The molecule has 26 heavy (non-hydrogen) atoms. The lowest BCUT2D eigenvalue weighted by Crippen LogP contribution is -2.27. The molecule has 1 heterocycles. The fourth-order valence-corrected chi connectivity index (χ4v) is 3.52. The van der Waals surface area contributed by atoms with E-state index >= 15 is 0 Å². The highest BCUT2D eigenvalue weighted by atomic mass is 16.5. The number of aryl methyl sites for hydroxylation is 1. The quantitative estimate of drug-likeness (QED) is 0.841. The maximum Gasteiger partial charge on any atom is 0.222 e. The molecule has 1 aromatic carbocycles. The van der Waals surface area contributed by atoms with Gasteiger partial charge in [0.25, 0.3) is 0 Å². The monoisotopic (exact) mass is 351 g/mol. The van der Waals surface area contributed by atoms with Crippen LogP contribution in [0.1, 0.15) is 36.9 Å². The SMILES string of the molecule is CNC(=O)C1CCc2nc(-c3ccccc3)nc(OCC3CC3)c2CC1. The lowest BCUT2D eigenvalue weighted by molar-refractivity contribution is -0.124. The number of carbonyl (C=O) groups is 1. The van der Waals surface area contributed by atoms with Crippen molar-refractivity contribution in [2.45, 2.75) is 38.5 Å². The van der Waals surface area contributed by atoms with Gasteiger partial charge < -0.3 is 10.1 Å². The number of carbonyl (C=O) groups excluding carboxylic acids is 1. The number of fused-ring (bicyclic) bond motifs is 1. The van der Waals surface area contributed by atoms with Gasteiger partial charge in [-0.1, -0.05) is 30.3 Å². The average Bonchev–Trinajstić information content (AvgIpc) is 3.52. The summed E-state index contributed by atoms with van der Waals surface area (Å²) in [6.45, 7) is 0.733. The van der Waals surface area contributed by atoms with Crippen molar-refractivity contribution in [3.63, 3.8) is 0 Å². The second-order valence-electron chi connectivity index (χ2n) is 7.29. The molecule has 0 saturated heterocycles. The van der Waals surface area contributed by atoms with Crippen molar-refractivity contribution in [2.75, 3.05) is 13.7 Å². The topological polar surface area (TPSA) is 64.1 Å². The van der Waals surface area contributed by atoms with Crippen LogP contribution in [-0.2, 0) is 17.6 Å². The largest absolute Gasteiger partial charge is 0.477 e. The molecule has 4 rings (SSSR count). The highest BCUT2D eigenvalue weighted by molar-refractivity contribution is 5.78. The van der Waals surface area contributed by atoms with Gasteiger partial charge in [-0.3, -0.25) is 4.79 Å². The fraction of sp³-hybridized carbons (Fsp3) is 0.476. The number of hydrogen-bond donors (Lipinski definition) is 1. The van der Waals surface area contributed by atoms with Crippen LogP contribution in [0.4, 0.5) is 0 Å². The zero-order valence-electron chi connectivity index (χ0n) is 15.2. The maximum atomic E-state index is 12.1. The highest BCUT2D eigenvalue weighted by Crippen LogP contribution is 2.34. The molecule has 1 fully saturated rings. The number of amides is 1. The summed E-state index contributed by atoms with van der Waals surface area (Å²) in [5, 5.41) is 2.78. The van der Waals surface area contributed by atoms with E-state index in [9.17, 15) is 4.79 Å². The molecule has 5 nitrogen and oxygen atoms in total. The zero-order valence-corrected chi connectivity index (χ0v) is 15.2. The third-order valence-electron chi connectivity index (χ3n) is 5.33. The molecule has 1 aromatic heterocycles. The molecule has 136 valence electrons. The standard InChI is InChI=1S/C21H25N3O2/c1-22-20(25)16-9-11-17-18(12-10-16)23-19(15-5-3-2-4-6-15)24-21(17)26-13-14-7-8-14/h2-6,14,16H,7-13H2,1H3,(H,22,25). The Labute approximate surface area is 154 Å². The van der Waals surface area contributed by atoms with Crippen LogP contribution in [0, 0.1) is 11.8 Å². The van der Waals surface area contributed by atoms with Gasteiger partial charge in [-0.05, 0) is 44.4 Å². The molecular formula is C21H25N3O2.